The highest BCUT2D eigenvalue weighted by molar-refractivity contribution is 6.53. The van der Waals surface area contributed by atoms with Gasteiger partial charge in [-0.1, -0.05) is 54.4 Å². The van der Waals surface area contributed by atoms with Crippen molar-refractivity contribution < 1.29 is 19.1 Å². The number of hydrogen-bond donors (Lipinski definition) is 2. The Labute approximate surface area is 218 Å². The van der Waals surface area contributed by atoms with Crippen molar-refractivity contribution in [1.29, 1.82) is 0 Å². The minimum atomic E-state index is -0.665. The van der Waals surface area contributed by atoms with Crippen molar-refractivity contribution in [2.45, 2.75) is 20.3 Å². The largest absolute Gasteiger partial charge is 0.491 e. The van der Waals surface area contributed by atoms with Crippen molar-refractivity contribution in [1.82, 2.24) is 0 Å². The van der Waals surface area contributed by atoms with E-state index < -0.39 is 11.8 Å². The van der Waals surface area contributed by atoms with E-state index in [-0.39, 0.29) is 16.6 Å². The Morgan fingerprint density at radius 3 is 2.47 bits per heavy atom. The highest BCUT2D eigenvalue weighted by Crippen LogP contribution is 2.32. The number of para-hydroxylation sites is 2. The molecule has 3 amide bonds. The molecule has 1 aliphatic rings. The number of hydrogen-bond acceptors (Lipinski definition) is 5. The molecule has 0 bridgehead atoms. The first kappa shape index (κ1) is 25.3. The minimum absolute atomic E-state index is 0.0828. The number of aryl methyl sites for hydroxylation is 1. The van der Waals surface area contributed by atoms with Crippen molar-refractivity contribution in [2.24, 2.45) is 0 Å². The van der Waals surface area contributed by atoms with Crippen LogP contribution in [0.1, 0.15) is 29.3 Å². The lowest BCUT2D eigenvalue weighted by atomic mass is 10.1. The first-order valence-corrected chi connectivity index (χ1v) is 12.0. The lowest BCUT2D eigenvalue weighted by molar-refractivity contribution is -0.120. The monoisotopic (exact) mass is 523 g/mol. The fraction of sp³-hybridized carbons (Fsp3) is 0.148. The lowest BCUT2D eigenvalue weighted by Crippen LogP contribution is -2.32. The van der Waals surface area contributed by atoms with Crippen LogP contribution in [-0.2, 0) is 9.59 Å². The number of anilines is 3. The van der Waals surface area contributed by atoms with E-state index in [2.05, 4.69) is 10.6 Å². The number of amides is 3. The summed E-state index contributed by atoms with van der Waals surface area (Å²) in [6.07, 6.45) is 0.837. The van der Waals surface area contributed by atoms with Gasteiger partial charge in [-0.2, -0.15) is 0 Å². The molecule has 7 nitrogen and oxygen atoms in total. The Kier molecular flexibility index (Phi) is 7.62. The van der Waals surface area contributed by atoms with Gasteiger partial charge in [-0.15, -0.1) is 0 Å². The number of nitrogens with one attached hydrogen (secondary N) is 2. The molecule has 4 rings (SSSR count). The van der Waals surface area contributed by atoms with Crippen LogP contribution in [0.15, 0.2) is 77.5 Å². The second-order valence-electron chi connectivity index (χ2n) is 8.07. The number of rotatable bonds is 8. The summed E-state index contributed by atoms with van der Waals surface area (Å²) in [6, 6.07) is 18.5. The molecule has 1 aliphatic heterocycles. The van der Waals surface area contributed by atoms with Gasteiger partial charge in [0.25, 0.3) is 17.7 Å². The first-order chi connectivity index (χ1) is 17.3. The van der Waals surface area contributed by atoms with Crippen LogP contribution < -0.4 is 20.3 Å². The quantitative estimate of drug-likeness (QED) is 0.347. The van der Waals surface area contributed by atoms with E-state index in [4.69, 9.17) is 27.9 Å². The maximum atomic E-state index is 13.1. The predicted octanol–water partition coefficient (Wildman–Crippen LogP) is 6.13. The van der Waals surface area contributed by atoms with E-state index in [1.54, 1.807) is 54.6 Å². The average Bonchev–Trinajstić information content (AvgIpc) is 3.07. The van der Waals surface area contributed by atoms with E-state index in [0.29, 0.717) is 40.0 Å². The molecule has 0 aliphatic carbocycles. The van der Waals surface area contributed by atoms with Crippen LogP contribution in [0, 0.1) is 6.92 Å². The molecule has 3 aromatic carbocycles. The summed E-state index contributed by atoms with van der Waals surface area (Å²) in [7, 11) is 0. The standard InChI is InChI=1S/C27H23Cl2N3O4/c1-3-13-36-22-10-5-4-9-20(22)31-25(33)17-12-11-16(2)21(14-17)30-24-23(29)26(34)32(27(24)35)19-8-6-7-18(28)15-19/h4-12,14-15,30H,3,13H2,1-2H3,(H,31,33). The molecular formula is C27H23Cl2N3O4. The Morgan fingerprint density at radius 1 is 0.944 bits per heavy atom. The summed E-state index contributed by atoms with van der Waals surface area (Å²) in [5.74, 6) is -1.07. The third kappa shape index (κ3) is 5.22. The van der Waals surface area contributed by atoms with E-state index in [0.717, 1.165) is 16.9 Å². The van der Waals surface area contributed by atoms with E-state index >= 15 is 0 Å². The molecule has 184 valence electrons. The van der Waals surface area contributed by atoms with E-state index in [9.17, 15) is 14.4 Å². The Hall–Kier alpha value is -3.81. The van der Waals surface area contributed by atoms with Crippen LogP contribution >= 0.6 is 23.2 Å². The second-order valence-corrected chi connectivity index (χ2v) is 8.88. The first-order valence-electron chi connectivity index (χ1n) is 11.2. The maximum absolute atomic E-state index is 13.1. The van der Waals surface area contributed by atoms with Crippen molar-refractivity contribution >= 4 is 58.0 Å². The second kappa shape index (κ2) is 10.8. The zero-order valence-electron chi connectivity index (χ0n) is 19.6. The van der Waals surface area contributed by atoms with E-state index in [1.807, 2.05) is 19.9 Å². The van der Waals surface area contributed by atoms with Crippen molar-refractivity contribution in [3.05, 3.63) is 93.6 Å². The van der Waals surface area contributed by atoms with Gasteiger partial charge < -0.3 is 15.4 Å². The number of carbonyl (C=O) groups excluding carboxylic acids is 3. The summed E-state index contributed by atoms with van der Waals surface area (Å²) >= 11 is 12.3. The Morgan fingerprint density at radius 2 is 1.72 bits per heavy atom. The van der Waals surface area contributed by atoms with Gasteiger partial charge in [0.05, 0.1) is 18.0 Å². The molecule has 0 unspecified atom stereocenters. The Balaban J connectivity index is 1.57. The molecule has 0 fully saturated rings. The average molecular weight is 524 g/mol. The van der Waals surface area contributed by atoms with Crippen LogP contribution in [0.4, 0.5) is 17.1 Å². The van der Waals surface area contributed by atoms with Gasteiger partial charge in [-0.05, 0) is 61.4 Å². The van der Waals surface area contributed by atoms with Gasteiger partial charge in [0, 0.05) is 16.3 Å². The summed E-state index contributed by atoms with van der Waals surface area (Å²) in [6.45, 7) is 4.34. The topological polar surface area (TPSA) is 87.7 Å². The van der Waals surface area contributed by atoms with Crippen molar-refractivity contribution in [3.8, 4) is 5.75 Å². The number of imide groups is 1. The van der Waals surface area contributed by atoms with Crippen LogP contribution in [0.3, 0.4) is 0 Å². The number of ether oxygens (including phenoxy) is 1. The highest BCUT2D eigenvalue weighted by Gasteiger charge is 2.39. The van der Waals surface area contributed by atoms with Gasteiger partial charge >= 0.3 is 0 Å². The zero-order valence-corrected chi connectivity index (χ0v) is 21.1. The molecule has 1 heterocycles. The molecule has 0 spiro atoms. The molecule has 0 saturated carbocycles. The number of nitrogens with zero attached hydrogens (tertiary/aromatic N) is 1. The smallest absolute Gasteiger partial charge is 0.283 e. The number of halogens is 2. The maximum Gasteiger partial charge on any atom is 0.283 e. The molecule has 0 atom stereocenters. The third-order valence-corrected chi connectivity index (χ3v) is 6.04. The van der Waals surface area contributed by atoms with Gasteiger partial charge in [0.1, 0.15) is 16.5 Å². The van der Waals surface area contributed by atoms with Gasteiger partial charge in [0.2, 0.25) is 0 Å². The molecule has 3 aromatic rings. The predicted molar refractivity (Wildman–Crippen MR) is 142 cm³/mol. The van der Waals surface area contributed by atoms with Crippen LogP contribution in [-0.4, -0.2) is 24.3 Å². The van der Waals surface area contributed by atoms with Crippen LogP contribution in [0.2, 0.25) is 5.02 Å². The molecule has 0 aromatic heterocycles. The molecule has 0 radical (unpaired) electrons. The number of benzene rings is 3. The normalized spacial score (nSPS) is 13.3. The van der Waals surface area contributed by atoms with Crippen molar-refractivity contribution in [2.75, 3.05) is 22.1 Å². The highest BCUT2D eigenvalue weighted by atomic mass is 35.5. The third-order valence-electron chi connectivity index (χ3n) is 5.45. The van der Waals surface area contributed by atoms with Gasteiger partial charge in [-0.25, -0.2) is 4.90 Å². The summed E-state index contributed by atoms with van der Waals surface area (Å²) < 4.78 is 5.71. The fourth-order valence-electron chi connectivity index (χ4n) is 3.60. The Bertz CT molecular complexity index is 1390. The SMILES string of the molecule is CCCOc1ccccc1NC(=O)c1ccc(C)c(NC2=C(Cl)C(=O)N(c3cccc(Cl)c3)C2=O)c1. The molecule has 9 heteroatoms. The number of carbonyl (C=O) groups is 3. The summed E-state index contributed by atoms with van der Waals surface area (Å²) in [4.78, 5) is 39.8. The zero-order chi connectivity index (χ0) is 25.8. The molecule has 0 saturated heterocycles. The van der Waals surface area contributed by atoms with Gasteiger partial charge in [0.15, 0.2) is 0 Å². The van der Waals surface area contributed by atoms with Crippen molar-refractivity contribution in [3.63, 3.8) is 0 Å². The summed E-state index contributed by atoms with van der Waals surface area (Å²) in [5.41, 5.74) is 2.32. The van der Waals surface area contributed by atoms with Crippen LogP contribution in [0.5, 0.6) is 5.75 Å². The van der Waals surface area contributed by atoms with Crippen LogP contribution in [0.25, 0.3) is 0 Å². The lowest BCUT2D eigenvalue weighted by Gasteiger charge is -2.16. The minimum Gasteiger partial charge on any atom is -0.491 e. The molecule has 36 heavy (non-hydrogen) atoms. The van der Waals surface area contributed by atoms with E-state index in [1.165, 1.54) is 6.07 Å². The molecule has 2 N–H and O–H groups in total. The van der Waals surface area contributed by atoms with Gasteiger partial charge in [-0.3, -0.25) is 14.4 Å². The molecular weight excluding hydrogens is 501 g/mol. The summed E-state index contributed by atoms with van der Waals surface area (Å²) in [5, 5.41) is 5.94. The fourth-order valence-corrected chi connectivity index (χ4v) is 3.99.